The number of benzene rings is 1. The second-order valence-electron chi connectivity index (χ2n) is 5.36. The Hall–Kier alpha value is -3.25. The first-order valence-electron chi connectivity index (χ1n) is 7.79. The van der Waals surface area contributed by atoms with Crippen LogP contribution in [0.2, 0.25) is 0 Å². The highest BCUT2D eigenvalue weighted by Crippen LogP contribution is 2.21. The number of methoxy groups -OCH3 is 1. The number of anilines is 1. The van der Waals surface area contributed by atoms with Crippen molar-refractivity contribution in [3.63, 3.8) is 0 Å². The summed E-state index contributed by atoms with van der Waals surface area (Å²) in [4.78, 5) is 37.6. The molecule has 0 aliphatic rings. The van der Waals surface area contributed by atoms with Crippen molar-refractivity contribution < 1.29 is 19.1 Å². The number of carbonyl (C=O) groups is 2. The number of nitrogens with one attached hydrogen (secondary N) is 2. The maximum atomic E-state index is 11.8. The highest BCUT2D eigenvalue weighted by molar-refractivity contribution is 7.99. The summed E-state index contributed by atoms with van der Waals surface area (Å²) < 4.78 is 9.93. The molecule has 0 fully saturated rings. The van der Waals surface area contributed by atoms with E-state index in [1.807, 2.05) is 6.07 Å². The number of carbonyl (C=O) groups excluding carboxylic acids is 2. The predicted molar refractivity (Wildman–Crippen MR) is 99.8 cm³/mol. The van der Waals surface area contributed by atoms with Crippen molar-refractivity contribution in [2.24, 2.45) is 0 Å². The molecule has 8 nitrogen and oxygen atoms in total. The fourth-order valence-electron chi connectivity index (χ4n) is 2.10. The van der Waals surface area contributed by atoms with Crippen molar-refractivity contribution >= 4 is 29.3 Å². The second-order valence-corrected chi connectivity index (χ2v) is 6.34. The Morgan fingerprint density at radius 2 is 2.00 bits per heavy atom. The van der Waals surface area contributed by atoms with E-state index in [-0.39, 0.29) is 11.3 Å². The number of aromatic nitrogens is 1. The van der Waals surface area contributed by atoms with Crippen molar-refractivity contribution in [2.45, 2.75) is 11.9 Å². The Kier molecular flexibility index (Phi) is 7.02. The summed E-state index contributed by atoms with van der Waals surface area (Å²) in [6.45, 7) is 1.19. The Balaban J connectivity index is 1.83. The summed E-state index contributed by atoms with van der Waals surface area (Å²) in [6.07, 6.45) is 0. The third-order valence-corrected chi connectivity index (χ3v) is 4.36. The van der Waals surface area contributed by atoms with Crippen molar-refractivity contribution in [3.8, 4) is 11.8 Å². The van der Waals surface area contributed by atoms with E-state index in [0.717, 1.165) is 11.8 Å². The first-order valence-corrected chi connectivity index (χ1v) is 8.78. The third-order valence-electron chi connectivity index (χ3n) is 3.39. The van der Waals surface area contributed by atoms with Gasteiger partial charge in [0, 0.05) is 11.8 Å². The summed E-state index contributed by atoms with van der Waals surface area (Å²) in [6, 6.07) is 9.99. The van der Waals surface area contributed by atoms with Crippen LogP contribution in [0.3, 0.4) is 0 Å². The number of thioether (sulfide) groups is 1. The molecule has 2 rings (SSSR count). The Bertz CT molecular complexity index is 931. The molecular weight excluding hydrogens is 370 g/mol. The molecule has 2 aromatic rings. The van der Waals surface area contributed by atoms with Crippen LogP contribution in [0.15, 0.2) is 40.2 Å². The van der Waals surface area contributed by atoms with Gasteiger partial charge in [0.25, 0.3) is 5.91 Å². The van der Waals surface area contributed by atoms with Gasteiger partial charge in [-0.15, -0.1) is 0 Å². The van der Waals surface area contributed by atoms with Crippen LogP contribution in [0.5, 0.6) is 5.75 Å². The average Bonchev–Trinajstić information content (AvgIpc) is 2.65. The second kappa shape index (κ2) is 9.45. The van der Waals surface area contributed by atoms with E-state index in [1.54, 1.807) is 31.2 Å². The summed E-state index contributed by atoms with van der Waals surface area (Å²) >= 11 is 0.970. The molecule has 0 unspecified atom stereocenters. The number of hydrogen-bond donors (Lipinski definition) is 2. The molecule has 0 bridgehead atoms. The van der Waals surface area contributed by atoms with E-state index in [2.05, 4.69) is 10.3 Å². The zero-order valence-corrected chi connectivity index (χ0v) is 15.5. The van der Waals surface area contributed by atoms with E-state index in [1.165, 1.54) is 13.2 Å². The lowest BCUT2D eigenvalue weighted by molar-refractivity contribution is -0.144. The zero-order valence-electron chi connectivity index (χ0n) is 14.7. The zero-order chi connectivity index (χ0) is 19.8. The molecule has 0 spiro atoms. The van der Waals surface area contributed by atoms with Gasteiger partial charge in [-0.2, -0.15) is 5.26 Å². The van der Waals surface area contributed by atoms with Crippen LogP contribution in [0.1, 0.15) is 11.1 Å². The molecule has 2 N–H and O–H groups in total. The number of rotatable bonds is 7. The molecular formula is C18H17N3O5S. The van der Waals surface area contributed by atoms with Crippen LogP contribution in [0, 0.1) is 18.3 Å². The number of nitriles is 1. The van der Waals surface area contributed by atoms with Crippen LogP contribution in [0.4, 0.5) is 5.69 Å². The van der Waals surface area contributed by atoms with Crippen molar-refractivity contribution in [3.05, 3.63) is 51.8 Å². The largest absolute Gasteiger partial charge is 0.497 e. The summed E-state index contributed by atoms with van der Waals surface area (Å²) in [5, 5.41) is 12.0. The molecule has 1 amide bonds. The Morgan fingerprint density at radius 1 is 1.30 bits per heavy atom. The van der Waals surface area contributed by atoms with E-state index in [0.29, 0.717) is 27.6 Å². The van der Waals surface area contributed by atoms with Gasteiger partial charge in [-0.25, -0.2) is 0 Å². The molecule has 0 radical (unpaired) electrons. The molecule has 1 heterocycles. The van der Waals surface area contributed by atoms with E-state index in [4.69, 9.17) is 14.7 Å². The number of esters is 1. The predicted octanol–water partition coefficient (Wildman–Crippen LogP) is 1.84. The minimum absolute atomic E-state index is 0.149. The minimum atomic E-state index is -0.642. The molecule has 0 aliphatic carbocycles. The van der Waals surface area contributed by atoms with Crippen molar-refractivity contribution in [1.82, 2.24) is 4.98 Å². The molecule has 1 aromatic heterocycles. The Morgan fingerprint density at radius 3 is 2.63 bits per heavy atom. The average molecular weight is 387 g/mol. The van der Waals surface area contributed by atoms with Crippen LogP contribution in [-0.2, 0) is 14.3 Å². The van der Waals surface area contributed by atoms with Crippen molar-refractivity contribution in [2.75, 3.05) is 24.8 Å². The smallest absolute Gasteiger partial charge is 0.316 e. The number of H-pyrrole nitrogens is 1. The van der Waals surface area contributed by atoms with Crippen LogP contribution >= 0.6 is 11.8 Å². The highest BCUT2D eigenvalue weighted by atomic mass is 32.2. The van der Waals surface area contributed by atoms with Gasteiger partial charge >= 0.3 is 5.97 Å². The standard InChI is InChI=1S/C18H17N3O5S/c1-11-7-15(22)21-18(14(11)8-19)27-10-17(24)26-9-16(23)20-12-3-5-13(25-2)6-4-12/h3-7H,9-10H2,1-2H3,(H,20,23)(H,21,22). The van der Waals surface area contributed by atoms with Gasteiger partial charge < -0.3 is 19.8 Å². The van der Waals surface area contributed by atoms with E-state index >= 15 is 0 Å². The lowest BCUT2D eigenvalue weighted by atomic mass is 10.2. The van der Waals surface area contributed by atoms with Crippen LogP contribution in [-0.4, -0.2) is 36.3 Å². The number of pyridine rings is 1. The van der Waals surface area contributed by atoms with Gasteiger partial charge in [-0.3, -0.25) is 14.4 Å². The molecule has 1 aromatic carbocycles. The van der Waals surface area contributed by atoms with Crippen LogP contribution < -0.4 is 15.6 Å². The van der Waals surface area contributed by atoms with Gasteiger partial charge in [0.1, 0.15) is 11.8 Å². The number of nitrogens with zero attached hydrogens (tertiary/aromatic N) is 1. The van der Waals surface area contributed by atoms with Crippen molar-refractivity contribution in [1.29, 1.82) is 5.26 Å². The summed E-state index contributed by atoms with van der Waals surface area (Å²) in [7, 11) is 1.54. The number of amides is 1. The van der Waals surface area contributed by atoms with E-state index in [9.17, 15) is 14.4 Å². The maximum Gasteiger partial charge on any atom is 0.316 e. The molecule has 0 saturated carbocycles. The summed E-state index contributed by atoms with van der Waals surface area (Å²) in [5.41, 5.74) is 1.00. The number of ether oxygens (including phenoxy) is 2. The quantitative estimate of drug-likeness (QED) is 0.549. The van der Waals surface area contributed by atoms with Gasteiger partial charge in [-0.1, -0.05) is 11.8 Å². The lowest BCUT2D eigenvalue weighted by Gasteiger charge is -2.08. The third kappa shape index (κ3) is 5.90. The molecule has 0 saturated heterocycles. The van der Waals surface area contributed by atoms with E-state index < -0.39 is 18.5 Å². The molecule has 0 aliphatic heterocycles. The topological polar surface area (TPSA) is 121 Å². The summed E-state index contributed by atoms with van der Waals surface area (Å²) in [5.74, 6) is -0.622. The number of aromatic amines is 1. The molecule has 27 heavy (non-hydrogen) atoms. The number of hydrogen-bond acceptors (Lipinski definition) is 7. The first-order chi connectivity index (χ1) is 12.9. The van der Waals surface area contributed by atoms with Gasteiger partial charge in [0.2, 0.25) is 5.56 Å². The minimum Gasteiger partial charge on any atom is -0.497 e. The Labute approximate surface area is 159 Å². The fraction of sp³-hybridized carbons (Fsp3) is 0.222. The van der Waals surface area contributed by atoms with Gasteiger partial charge in [0.05, 0.1) is 23.5 Å². The lowest BCUT2D eigenvalue weighted by Crippen LogP contribution is -2.21. The number of aryl methyl sites for hydroxylation is 1. The maximum absolute atomic E-state index is 11.8. The SMILES string of the molecule is COc1ccc(NC(=O)COC(=O)CSc2[nH]c(=O)cc(C)c2C#N)cc1. The first kappa shape index (κ1) is 20.1. The fourth-order valence-corrected chi connectivity index (χ4v) is 2.97. The van der Waals surface area contributed by atoms with Crippen LogP contribution in [0.25, 0.3) is 0 Å². The molecule has 140 valence electrons. The molecule has 0 atom stereocenters. The molecule has 9 heteroatoms. The normalized spacial score (nSPS) is 9.96. The van der Waals surface area contributed by atoms with Gasteiger partial charge in [0.15, 0.2) is 6.61 Å². The van der Waals surface area contributed by atoms with Gasteiger partial charge in [-0.05, 0) is 36.8 Å². The highest BCUT2D eigenvalue weighted by Gasteiger charge is 2.13. The monoisotopic (exact) mass is 387 g/mol.